The van der Waals surface area contributed by atoms with Crippen LogP contribution in [-0.2, 0) is 21.7 Å². The summed E-state index contributed by atoms with van der Waals surface area (Å²) in [6.07, 6.45) is 0. The zero-order valence-corrected chi connectivity index (χ0v) is 36.7. The summed E-state index contributed by atoms with van der Waals surface area (Å²) in [6, 6.07) is 49.1. The highest BCUT2D eigenvalue weighted by molar-refractivity contribution is 6.36. The first-order valence-electron chi connectivity index (χ1n) is 20.0. The van der Waals surface area contributed by atoms with Crippen molar-refractivity contribution in [2.24, 2.45) is 0 Å². The van der Waals surface area contributed by atoms with Gasteiger partial charge in [-0.1, -0.05) is 167 Å². The molecule has 0 amide bonds. The molecule has 2 nitrogen and oxygen atoms in total. The highest BCUT2D eigenvalue weighted by atomic mass is 35.5. The second-order valence-corrected chi connectivity index (χ2v) is 19.9. The maximum atomic E-state index is 7.90. The predicted octanol–water partition coefficient (Wildman–Crippen LogP) is 16.4. The molecular formula is C53H61ClN2. The van der Waals surface area contributed by atoms with Crippen molar-refractivity contribution in [3.05, 3.63) is 166 Å². The van der Waals surface area contributed by atoms with Gasteiger partial charge in [-0.2, -0.15) is 0 Å². The lowest BCUT2D eigenvalue weighted by Crippen LogP contribution is -2.18. The maximum Gasteiger partial charge on any atom is 0.0887 e. The lowest BCUT2D eigenvalue weighted by atomic mass is 9.84. The summed E-state index contributed by atoms with van der Waals surface area (Å²) in [7, 11) is 0. The number of hydrogen-bond acceptors (Lipinski definition) is 2. The number of hydrogen-bond donors (Lipinski definition) is 0. The van der Waals surface area contributed by atoms with Gasteiger partial charge in [-0.25, -0.2) is 0 Å². The molecule has 0 aromatic heterocycles. The van der Waals surface area contributed by atoms with Crippen LogP contribution < -0.4 is 9.80 Å². The van der Waals surface area contributed by atoms with Crippen molar-refractivity contribution in [2.75, 3.05) is 9.80 Å². The van der Waals surface area contributed by atoms with E-state index in [1.807, 2.05) is 0 Å². The number of rotatable bonds is 7. The molecule has 0 bridgehead atoms. The van der Waals surface area contributed by atoms with Crippen LogP contribution >= 0.6 is 11.6 Å². The van der Waals surface area contributed by atoms with E-state index in [0.29, 0.717) is 5.02 Å². The third-order valence-electron chi connectivity index (χ3n) is 10.8. The fourth-order valence-electron chi connectivity index (χ4n) is 7.27. The molecule has 56 heavy (non-hydrogen) atoms. The van der Waals surface area contributed by atoms with Crippen molar-refractivity contribution < 1.29 is 0 Å². The molecule has 0 fully saturated rings. The summed E-state index contributed by atoms with van der Waals surface area (Å²) < 4.78 is 0. The van der Waals surface area contributed by atoms with E-state index in [-0.39, 0.29) is 21.7 Å². The predicted molar refractivity (Wildman–Crippen MR) is 246 cm³/mol. The van der Waals surface area contributed by atoms with Gasteiger partial charge in [0.15, 0.2) is 0 Å². The summed E-state index contributed by atoms with van der Waals surface area (Å²) in [5.41, 5.74) is 14.7. The molecule has 6 rings (SSSR count). The van der Waals surface area contributed by atoms with Crippen molar-refractivity contribution in [3.63, 3.8) is 0 Å². The molecule has 0 heterocycles. The molecule has 290 valence electrons. The number of benzene rings is 6. The molecule has 0 unspecified atom stereocenters. The molecule has 6 aromatic rings. The van der Waals surface area contributed by atoms with E-state index in [1.165, 1.54) is 22.3 Å². The number of halogens is 1. The molecule has 0 N–H and O–H groups in total. The SMILES string of the molecule is Cc1cc(N(c2ccc(C(C)(C)C)cc2)c2ccc(C(C)(C)C)cc2)c(Cl)c(N(c2ccc(C(C)(C)C)cc2)c2ccc(C(C)(C)C)cc2-c2ccccc2)c1. The first-order chi connectivity index (χ1) is 26.1. The van der Waals surface area contributed by atoms with E-state index < -0.39 is 0 Å². The number of anilines is 6. The standard InChI is InChI=1S/C53H61ClN2/c1-36-33-47(55(42-26-19-38(20-27-42)50(2,3)4)43-28-21-39(22-29-43)51(5,6)7)49(54)48(34-36)56(44-30-23-40(24-31-44)52(8,9)10)46-32-25-41(53(11,12)13)35-45(46)37-17-15-14-16-18-37/h14-35H,1-13H3. The summed E-state index contributed by atoms with van der Waals surface area (Å²) >= 11 is 7.90. The molecule has 3 heteroatoms. The zero-order chi connectivity index (χ0) is 40.8. The lowest BCUT2D eigenvalue weighted by molar-refractivity contribution is 0.590. The molecule has 0 saturated heterocycles. The third kappa shape index (κ3) is 8.77. The van der Waals surface area contributed by atoms with Crippen molar-refractivity contribution in [1.29, 1.82) is 0 Å². The van der Waals surface area contributed by atoms with Crippen LogP contribution in [0.3, 0.4) is 0 Å². The Bertz CT molecular complexity index is 2220. The van der Waals surface area contributed by atoms with Gasteiger partial charge in [0, 0.05) is 22.6 Å². The smallest absolute Gasteiger partial charge is 0.0887 e. The quantitative estimate of drug-likeness (QED) is 0.160. The lowest BCUT2D eigenvalue weighted by Gasteiger charge is -2.34. The minimum Gasteiger partial charge on any atom is -0.309 e. The van der Waals surface area contributed by atoms with Crippen LogP contribution in [0.2, 0.25) is 5.02 Å². The van der Waals surface area contributed by atoms with Gasteiger partial charge in [-0.3, -0.25) is 0 Å². The Morgan fingerprint density at radius 1 is 0.375 bits per heavy atom. The summed E-state index contributed by atoms with van der Waals surface area (Å²) in [5, 5.41) is 0.675. The first kappa shape index (κ1) is 40.9. The largest absolute Gasteiger partial charge is 0.309 e. The molecule has 0 atom stereocenters. The Kier molecular flexibility index (Phi) is 11.1. The molecule has 6 aromatic carbocycles. The van der Waals surface area contributed by atoms with Crippen LogP contribution in [0.15, 0.2) is 133 Å². The molecular weight excluding hydrogens is 700 g/mol. The Labute approximate surface area is 343 Å². The van der Waals surface area contributed by atoms with Gasteiger partial charge in [-0.05, 0) is 123 Å². The minimum absolute atomic E-state index is 0.0205. The number of aryl methyl sites for hydroxylation is 1. The molecule has 0 saturated carbocycles. The van der Waals surface area contributed by atoms with Gasteiger partial charge < -0.3 is 9.80 Å². The average molecular weight is 762 g/mol. The van der Waals surface area contributed by atoms with E-state index in [0.717, 1.165) is 50.8 Å². The molecule has 0 radical (unpaired) electrons. The van der Waals surface area contributed by atoms with Crippen molar-refractivity contribution >= 4 is 45.7 Å². The Morgan fingerprint density at radius 3 is 1.12 bits per heavy atom. The topological polar surface area (TPSA) is 6.48 Å². The van der Waals surface area contributed by atoms with Gasteiger partial charge >= 0.3 is 0 Å². The van der Waals surface area contributed by atoms with Gasteiger partial charge in [0.05, 0.1) is 22.1 Å². The second kappa shape index (κ2) is 15.3. The van der Waals surface area contributed by atoms with Gasteiger partial charge in [0.1, 0.15) is 0 Å². The monoisotopic (exact) mass is 760 g/mol. The van der Waals surface area contributed by atoms with Crippen molar-refractivity contribution in [2.45, 2.75) is 112 Å². The van der Waals surface area contributed by atoms with Crippen molar-refractivity contribution in [1.82, 2.24) is 0 Å². The zero-order valence-electron chi connectivity index (χ0n) is 36.0. The minimum atomic E-state index is -0.0268. The third-order valence-corrected chi connectivity index (χ3v) is 11.2. The first-order valence-corrected chi connectivity index (χ1v) is 20.4. The van der Waals surface area contributed by atoms with E-state index in [1.54, 1.807) is 0 Å². The summed E-state index contributed by atoms with van der Waals surface area (Å²) in [5.74, 6) is 0. The summed E-state index contributed by atoms with van der Waals surface area (Å²) in [6.45, 7) is 29.4. The van der Waals surface area contributed by atoms with E-state index >= 15 is 0 Å². The Morgan fingerprint density at radius 2 is 0.732 bits per heavy atom. The highest BCUT2D eigenvalue weighted by Gasteiger charge is 2.27. The summed E-state index contributed by atoms with van der Waals surface area (Å²) in [4.78, 5) is 4.68. The van der Waals surface area contributed by atoms with Crippen LogP contribution in [-0.4, -0.2) is 0 Å². The molecule has 0 aliphatic heterocycles. The number of nitrogens with zero attached hydrogens (tertiary/aromatic N) is 2. The average Bonchev–Trinajstić information content (AvgIpc) is 3.13. The fraction of sp³-hybridized carbons (Fsp3) is 0.321. The van der Waals surface area contributed by atoms with Crippen LogP contribution in [0.4, 0.5) is 34.1 Å². The normalized spacial score (nSPS) is 12.5. The van der Waals surface area contributed by atoms with Gasteiger partial charge in [-0.15, -0.1) is 0 Å². The van der Waals surface area contributed by atoms with E-state index in [4.69, 9.17) is 11.6 Å². The Balaban J connectivity index is 1.65. The van der Waals surface area contributed by atoms with Gasteiger partial charge in [0.2, 0.25) is 0 Å². The molecule has 0 aliphatic carbocycles. The van der Waals surface area contributed by atoms with E-state index in [9.17, 15) is 0 Å². The highest BCUT2D eigenvalue weighted by Crippen LogP contribution is 2.50. The maximum absolute atomic E-state index is 7.90. The molecule has 0 aliphatic rings. The second-order valence-electron chi connectivity index (χ2n) is 19.5. The van der Waals surface area contributed by atoms with Crippen molar-refractivity contribution in [3.8, 4) is 11.1 Å². The van der Waals surface area contributed by atoms with Crippen LogP contribution in [0.25, 0.3) is 11.1 Å². The van der Waals surface area contributed by atoms with Crippen LogP contribution in [0.5, 0.6) is 0 Å². The Hall–Kier alpha value is -4.79. The fourth-order valence-corrected chi connectivity index (χ4v) is 7.55. The van der Waals surface area contributed by atoms with Crippen LogP contribution in [0, 0.1) is 6.92 Å². The molecule has 0 spiro atoms. The van der Waals surface area contributed by atoms with E-state index in [2.05, 4.69) is 233 Å². The van der Waals surface area contributed by atoms with Crippen LogP contribution in [0.1, 0.15) is 111 Å². The van der Waals surface area contributed by atoms with Gasteiger partial charge in [0.25, 0.3) is 0 Å².